The summed E-state index contributed by atoms with van der Waals surface area (Å²) in [5.74, 6) is 4.54. The molecule has 0 unspecified atom stereocenters. The van der Waals surface area contributed by atoms with Gasteiger partial charge in [0.1, 0.15) is 23.7 Å². The fraction of sp³-hybridized carbons (Fsp3) is 0.412. The first-order valence-electron chi connectivity index (χ1n) is 7.95. The van der Waals surface area contributed by atoms with Gasteiger partial charge in [-0.3, -0.25) is 0 Å². The van der Waals surface area contributed by atoms with Crippen molar-refractivity contribution in [3.63, 3.8) is 0 Å². The predicted molar refractivity (Wildman–Crippen MR) is 88.7 cm³/mol. The largest absolute Gasteiger partial charge is 0.370 e. The number of rotatable bonds is 3. The van der Waals surface area contributed by atoms with Crippen molar-refractivity contribution >= 4 is 29.7 Å². The van der Waals surface area contributed by atoms with Crippen molar-refractivity contribution < 1.29 is 14.4 Å². The molecule has 1 N–H and O–H groups in total. The van der Waals surface area contributed by atoms with Crippen LogP contribution in [0.2, 0.25) is 0 Å². The summed E-state index contributed by atoms with van der Waals surface area (Å²) in [5.41, 5.74) is 1.34. The van der Waals surface area contributed by atoms with Crippen LogP contribution in [0.1, 0.15) is 19.3 Å². The summed E-state index contributed by atoms with van der Waals surface area (Å²) >= 11 is 0. The number of nitrogens with zero attached hydrogens (tertiary/aromatic N) is 3. The van der Waals surface area contributed by atoms with Crippen LogP contribution in [0.3, 0.4) is 0 Å². The van der Waals surface area contributed by atoms with Crippen LogP contribution in [0.4, 0.5) is 11.5 Å². The van der Waals surface area contributed by atoms with E-state index in [1.807, 2.05) is 12.1 Å². The molecule has 7 nitrogen and oxygen atoms in total. The Morgan fingerprint density at radius 1 is 1.17 bits per heavy atom. The molecule has 24 heavy (non-hydrogen) atoms. The van der Waals surface area contributed by atoms with E-state index in [9.17, 15) is 14.4 Å². The van der Waals surface area contributed by atoms with E-state index < -0.39 is 0 Å². The van der Waals surface area contributed by atoms with Gasteiger partial charge in [0.05, 0.1) is 11.9 Å². The number of pyridine rings is 1. The summed E-state index contributed by atoms with van der Waals surface area (Å²) < 4.78 is 0. The molecule has 0 aromatic carbocycles. The molecule has 124 valence electrons. The molecule has 3 rings (SSSR count). The topological polar surface area (TPSA) is 82.6 Å². The summed E-state index contributed by atoms with van der Waals surface area (Å²) in [4.78, 5) is 41.0. The van der Waals surface area contributed by atoms with Crippen molar-refractivity contribution in [2.75, 3.05) is 29.4 Å². The van der Waals surface area contributed by atoms with Crippen LogP contribution in [0.15, 0.2) is 29.8 Å². The minimum Gasteiger partial charge on any atom is -0.370 e. The van der Waals surface area contributed by atoms with E-state index in [0.29, 0.717) is 24.5 Å². The van der Waals surface area contributed by atoms with E-state index in [4.69, 9.17) is 0 Å². The zero-order valence-electron chi connectivity index (χ0n) is 13.2. The Balaban J connectivity index is 1.72. The highest BCUT2D eigenvalue weighted by molar-refractivity contribution is 5.67. The molecule has 0 aliphatic carbocycles. The molecule has 2 saturated heterocycles. The molecule has 2 aliphatic heterocycles. The first-order chi connectivity index (χ1) is 11.7. The zero-order valence-corrected chi connectivity index (χ0v) is 13.2. The average molecular weight is 326 g/mol. The first kappa shape index (κ1) is 16.0. The van der Waals surface area contributed by atoms with Crippen LogP contribution in [0.25, 0.3) is 0 Å². The maximum absolute atomic E-state index is 11.1. The number of aromatic nitrogens is 1. The van der Waals surface area contributed by atoms with Crippen molar-refractivity contribution in [1.29, 1.82) is 0 Å². The van der Waals surface area contributed by atoms with Crippen LogP contribution in [-0.4, -0.2) is 42.8 Å². The molecule has 2 aliphatic rings. The second kappa shape index (κ2) is 7.13. The minimum atomic E-state index is 0.160. The van der Waals surface area contributed by atoms with Gasteiger partial charge in [-0.15, -0.1) is 0 Å². The summed E-state index contributed by atoms with van der Waals surface area (Å²) in [6.07, 6.45) is 5.00. The predicted octanol–water partition coefficient (Wildman–Crippen LogP) is 0.685. The fourth-order valence-electron chi connectivity index (χ4n) is 3.01. The molecule has 1 aromatic heterocycles. The highest BCUT2D eigenvalue weighted by Gasteiger charge is 2.23. The molecule has 0 saturated carbocycles. The summed E-state index contributed by atoms with van der Waals surface area (Å²) in [5, 5.41) is 2.72. The zero-order chi connectivity index (χ0) is 16.9. The molecule has 0 spiro atoms. The smallest absolute Gasteiger partial charge is 0.199 e. The number of carbonyl (C=O) groups excluding carboxylic acids is 3. The molecule has 1 aromatic rings. The molecule has 0 radical (unpaired) electrons. The van der Waals surface area contributed by atoms with Gasteiger partial charge in [-0.25, -0.2) is 14.6 Å². The highest BCUT2D eigenvalue weighted by atomic mass is 16.1. The summed E-state index contributed by atoms with van der Waals surface area (Å²) in [7, 11) is 0. The van der Waals surface area contributed by atoms with Gasteiger partial charge in [0, 0.05) is 32.0 Å². The van der Waals surface area contributed by atoms with Crippen molar-refractivity contribution in [2.45, 2.75) is 19.3 Å². The van der Waals surface area contributed by atoms with Crippen molar-refractivity contribution in [2.24, 2.45) is 5.92 Å². The lowest BCUT2D eigenvalue weighted by Gasteiger charge is -2.32. The third-order valence-corrected chi connectivity index (χ3v) is 4.45. The number of nitrogens with one attached hydrogen (secondary N) is 1. The highest BCUT2D eigenvalue weighted by Crippen LogP contribution is 2.25. The normalized spacial score (nSPS) is 18.7. The van der Waals surface area contributed by atoms with Gasteiger partial charge < -0.3 is 19.9 Å². The number of hydrogen-bond acceptors (Lipinski definition) is 7. The van der Waals surface area contributed by atoms with Crippen LogP contribution in [0, 0.1) is 5.92 Å². The number of aldehydes is 1. The van der Waals surface area contributed by atoms with Gasteiger partial charge in [-0.05, 0) is 25.0 Å². The van der Waals surface area contributed by atoms with E-state index >= 15 is 0 Å². The lowest BCUT2D eigenvalue weighted by atomic mass is 9.98. The molecule has 2 fully saturated rings. The van der Waals surface area contributed by atoms with Gasteiger partial charge in [-0.1, -0.05) is 0 Å². The Hall–Kier alpha value is -2.88. The van der Waals surface area contributed by atoms with E-state index in [1.54, 1.807) is 23.0 Å². The maximum atomic E-state index is 11.1. The van der Waals surface area contributed by atoms with Gasteiger partial charge >= 0.3 is 0 Å². The molecule has 3 heterocycles. The van der Waals surface area contributed by atoms with Gasteiger partial charge in [0.25, 0.3) is 0 Å². The van der Waals surface area contributed by atoms with Gasteiger partial charge in [0.15, 0.2) is 11.8 Å². The minimum absolute atomic E-state index is 0.160. The molecule has 7 heteroatoms. The lowest BCUT2D eigenvalue weighted by molar-refractivity contribution is -0.111. The number of piperidine rings is 1. The Morgan fingerprint density at radius 3 is 2.54 bits per heavy atom. The fourth-order valence-corrected chi connectivity index (χ4v) is 3.01. The number of carbonyl (C=O) groups is 1. The summed E-state index contributed by atoms with van der Waals surface area (Å²) in [6.45, 7) is 2.14. The molecule has 0 amide bonds. The SMILES string of the molecule is O=C=C1CCN(c2ccc(N3CCC(C=O)CC3)cn2)C(=C=O)N1. The standard InChI is InChI=1S/C17H18N4O3/c22-10-13-3-6-20(7-4-13)15-1-2-16(18-9-15)21-8-5-14(11-23)19-17(21)12-24/h1-2,9-10,13,19H,3-8H2. The Kier molecular flexibility index (Phi) is 4.75. The maximum Gasteiger partial charge on any atom is 0.199 e. The number of anilines is 2. The Morgan fingerprint density at radius 2 is 1.96 bits per heavy atom. The Labute approximate surface area is 139 Å². The van der Waals surface area contributed by atoms with Crippen LogP contribution in [0.5, 0.6) is 0 Å². The molecule has 0 bridgehead atoms. The van der Waals surface area contributed by atoms with Crippen molar-refractivity contribution in [1.82, 2.24) is 10.3 Å². The van der Waals surface area contributed by atoms with Crippen LogP contribution < -0.4 is 15.1 Å². The lowest BCUT2D eigenvalue weighted by Crippen LogP contribution is -2.39. The molecular weight excluding hydrogens is 308 g/mol. The molecule has 0 atom stereocenters. The third kappa shape index (κ3) is 3.23. The van der Waals surface area contributed by atoms with Gasteiger partial charge in [-0.2, -0.15) is 0 Å². The van der Waals surface area contributed by atoms with E-state index in [-0.39, 0.29) is 11.7 Å². The second-order valence-corrected chi connectivity index (χ2v) is 5.89. The van der Waals surface area contributed by atoms with Crippen LogP contribution in [-0.2, 0) is 14.4 Å². The first-order valence-corrected chi connectivity index (χ1v) is 7.95. The second-order valence-electron chi connectivity index (χ2n) is 5.89. The number of hydrogen-bond donors (Lipinski definition) is 1. The quantitative estimate of drug-likeness (QED) is 0.646. The average Bonchev–Trinajstić information content (AvgIpc) is 2.67. The van der Waals surface area contributed by atoms with Crippen molar-refractivity contribution in [3.05, 3.63) is 29.8 Å². The molecular formula is C17H18N4O3. The van der Waals surface area contributed by atoms with Crippen molar-refractivity contribution in [3.8, 4) is 0 Å². The Bertz CT molecular complexity index is 710. The monoisotopic (exact) mass is 326 g/mol. The van der Waals surface area contributed by atoms with Gasteiger partial charge in [0.2, 0.25) is 0 Å². The van der Waals surface area contributed by atoms with Crippen LogP contribution >= 0.6 is 0 Å². The van der Waals surface area contributed by atoms with E-state index in [0.717, 1.165) is 37.9 Å². The summed E-state index contributed by atoms with van der Waals surface area (Å²) in [6, 6.07) is 3.80. The van der Waals surface area contributed by atoms with E-state index in [2.05, 4.69) is 15.2 Å². The van der Waals surface area contributed by atoms with E-state index in [1.165, 1.54) is 0 Å². The third-order valence-electron chi connectivity index (χ3n) is 4.45.